The Kier molecular flexibility index (Phi) is 5.42. The van der Waals surface area contributed by atoms with Gasteiger partial charge in [-0.25, -0.2) is 0 Å². The molecule has 0 atom stereocenters. The van der Waals surface area contributed by atoms with Gasteiger partial charge in [-0.2, -0.15) is 0 Å². The molecule has 7 heteroatoms. The zero-order chi connectivity index (χ0) is 20.4. The van der Waals surface area contributed by atoms with Crippen LogP contribution in [0, 0.1) is 6.92 Å². The smallest absolute Gasteiger partial charge is 0.240 e. The van der Waals surface area contributed by atoms with E-state index < -0.39 is 0 Å². The van der Waals surface area contributed by atoms with Crippen molar-refractivity contribution in [3.05, 3.63) is 69.8 Å². The molecular formula is C22H25N5O2. The second kappa shape index (κ2) is 8.14. The first-order valence-electron chi connectivity index (χ1n) is 9.78. The molecule has 0 saturated carbocycles. The highest BCUT2D eigenvalue weighted by atomic mass is 16.2. The minimum atomic E-state index is 0.0229. The summed E-state index contributed by atoms with van der Waals surface area (Å²) in [5, 5.41) is 7.09. The van der Waals surface area contributed by atoms with E-state index in [1.165, 1.54) is 0 Å². The molecule has 1 aliphatic heterocycles. The molecular weight excluding hydrogens is 366 g/mol. The van der Waals surface area contributed by atoms with Gasteiger partial charge in [-0.3, -0.25) is 14.6 Å². The van der Waals surface area contributed by atoms with E-state index in [2.05, 4.69) is 15.6 Å². The Labute approximate surface area is 169 Å². The van der Waals surface area contributed by atoms with Gasteiger partial charge >= 0.3 is 0 Å². The zero-order valence-electron chi connectivity index (χ0n) is 16.7. The van der Waals surface area contributed by atoms with E-state index in [1.807, 2.05) is 55.1 Å². The maximum atomic E-state index is 13.0. The number of rotatable bonds is 5. The first-order chi connectivity index (χ1) is 14.0. The molecule has 4 rings (SSSR count). The number of fused-ring (bicyclic) bond motifs is 1. The molecule has 2 N–H and O–H groups in total. The van der Waals surface area contributed by atoms with Gasteiger partial charge in [-0.05, 0) is 42.8 Å². The van der Waals surface area contributed by atoms with Gasteiger partial charge in [0.15, 0.2) is 5.43 Å². The lowest BCUT2D eigenvalue weighted by Crippen LogP contribution is -2.48. The summed E-state index contributed by atoms with van der Waals surface area (Å²) in [6.45, 7) is 4.87. The number of pyridine rings is 2. The van der Waals surface area contributed by atoms with Crippen LogP contribution in [0.2, 0.25) is 0 Å². The summed E-state index contributed by atoms with van der Waals surface area (Å²) in [4.78, 5) is 31.1. The Bertz CT molecular complexity index is 1120. The topological polar surface area (TPSA) is 79.3 Å². The number of aromatic nitrogens is 2. The number of nitrogens with zero attached hydrogens (tertiary/aromatic N) is 3. The highest BCUT2D eigenvalue weighted by Gasteiger charge is 2.20. The molecule has 150 valence electrons. The van der Waals surface area contributed by atoms with Crippen LogP contribution >= 0.6 is 0 Å². The molecule has 3 heterocycles. The molecule has 2 aromatic heterocycles. The summed E-state index contributed by atoms with van der Waals surface area (Å²) < 4.78 is 1.96. The Balaban J connectivity index is 1.57. The third-order valence-corrected chi connectivity index (χ3v) is 5.25. The van der Waals surface area contributed by atoms with Gasteiger partial charge in [0, 0.05) is 68.0 Å². The molecule has 0 unspecified atom stereocenters. The molecule has 29 heavy (non-hydrogen) atoms. The zero-order valence-corrected chi connectivity index (χ0v) is 16.7. The van der Waals surface area contributed by atoms with Gasteiger partial charge in [-0.15, -0.1) is 0 Å². The molecule has 1 amide bonds. The minimum absolute atomic E-state index is 0.0229. The lowest BCUT2D eigenvalue weighted by atomic mass is 10.1. The summed E-state index contributed by atoms with van der Waals surface area (Å²) in [5.74, 6) is 0.0489. The summed E-state index contributed by atoms with van der Waals surface area (Å²) >= 11 is 0. The van der Waals surface area contributed by atoms with Crippen molar-refractivity contribution >= 4 is 22.5 Å². The van der Waals surface area contributed by atoms with Crippen molar-refractivity contribution in [1.29, 1.82) is 0 Å². The summed E-state index contributed by atoms with van der Waals surface area (Å²) in [7, 11) is 1.93. The van der Waals surface area contributed by atoms with Crippen molar-refractivity contribution in [2.75, 3.05) is 24.5 Å². The van der Waals surface area contributed by atoms with E-state index in [0.29, 0.717) is 31.6 Å². The van der Waals surface area contributed by atoms with Crippen molar-refractivity contribution in [3.63, 3.8) is 0 Å². The molecule has 3 aromatic rings. The van der Waals surface area contributed by atoms with Crippen LogP contribution in [0.4, 0.5) is 5.69 Å². The number of carbonyl (C=O) groups excluding carboxylic acids is 1. The Morgan fingerprint density at radius 1 is 1.17 bits per heavy atom. The fraction of sp³-hybridized carbons (Fsp3) is 0.318. The normalized spacial score (nSPS) is 14.6. The van der Waals surface area contributed by atoms with Gasteiger partial charge in [0.05, 0.1) is 12.1 Å². The number of amides is 1. The lowest BCUT2D eigenvalue weighted by molar-refractivity contribution is -0.118. The van der Waals surface area contributed by atoms with Crippen molar-refractivity contribution in [1.82, 2.24) is 20.2 Å². The Hall–Kier alpha value is -3.03. The minimum Gasteiger partial charge on any atom is -0.350 e. The largest absolute Gasteiger partial charge is 0.350 e. The van der Waals surface area contributed by atoms with E-state index in [0.717, 1.165) is 34.6 Å². The molecule has 0 spiro atoms. The SMILES string of the molecule is Cc1cc(CNCc2cn(C)c3cc(N4CCNCC4=O)ccc3c2=O)ccn1. The van der Waals surface area contributed by atoms with Crippen LogP contribution in [-0.4, -0.2) is 35.1 Å². The van der Waals surface area contributed by atoms with Gasteiger partial charge in [-0.1, -0.05) is 0 Å². The van der Waals surface area contributed by atoms with Crippen LogP contribution in [0.15, 0.2) is 47.5 Å². The number of benzene rings is 1. The maximum absolute atomic E-state index is 13.0. The standard InChI is InChI=1S/C22H25N5O2/c1-15-9-16(5-6-25-15)11-24-12-17-14-26(2)20-10-18(3-4-19(20)22(17)29)27-8-7-23-13-21(27)28/h3-6,9-10,14,23-24H,7-8,11-13H2,1-2H3. The molecule has 1 aliphatic rings. The van der Waals surface area contributed by atoms with E-state index in [4.69, 9.17) is 0 Å². The molecule has 0 bridgehead atoms. The third-order valence-electron chi connectivity index (χ3n) is 5.25. The van der Waals surface area contributed by atoms with Gasteiger partial charge in [0.1, 0.15) is 0 Å². The van der Waals surface area contributed by atoms with Crippen molar-refractivity contribution < 1.29 is 4.79 Å². The number of hydrogen-bond acceptors (Lipinski definition) is 5. The molecule has 1 aromatic carbocycles. The van der Waals surface area contributed by atoms with Crippen LogP contribution in [0.5, 0.6) is 0 Å². The van der Waals surface area contributed by atoms with E-state index in [9.17, 15) is 9.59 Å². The maximum Gasteiger partial charge on any atom is 0.240 e. The van der Waals surface area contributed by atoms with Crippen LogP contribution in [-0.2, 0) is 24.9 Å². The monoisotopic (exact) mass is 391 g/mol. The number of carbonyl (C=O) groups is 1. The second-order valence-electron chi connectivity index (χ2n) is 7.43. The molecule has 7 nitrogen and oxygen atoms in total. The molecule has 1 saturated heterocycles. The van der Waals surface area contributed by atoms with E-state index in [-0.39, 0.29) is 11.3 Å². The van der Waals surface area contributed by atoms with Crippen molar-refractivity contribution in [3.8, 4) is 0 Å². The van der Waals surface area contributed by atoms with Gasteiger partial charge < -0.3 is 20.1 Å². The second-order valence-corrected chi connectivity index (χ2v) is 7.43. The average molecular weight is 391 g/mol. The van der Waals surface area contributed by atoms with Crippen LogP contribution in [0.25, 0.3) is 10.9 Å². The highest BCUT2D eigenvalue weighted by Crippen LogP contribution is 2.21. The average Bonchev–Trinajstić information content (AvgIpc) is 2.72. The number of piperazine rings is 1. The number of hydrogen-bond donors (Lipinski definition) is 2. The number of nitrogens with one attached hydrogen (secondary N) is 2. The highest BCUT2D eigenvalue weighted by molar-refractivity contribution is 5.97. The third kappa shape index (κ3) is 4.06. The summed E-state index contributed by atoms with van der Waals surface area (Å²) in [6.07, 6.45) is 3.67. The molecule has 1 fully saturated rings. The predicted molar refractivity (Wildman–Crippen MR) is 114 cm³/mol. The molecule has 0 radical (unpaired) electrons. The quantitative estimate of drug-likeness (QED) is 0.689. The fourth-order valence-corrected chi connectivity index (χ4v) is 3.77. The Morgan fingerprint density at radius 3 is 2.83 bits per heavy atom. The van der Waals surface area contributed by atoms with Gasteiger partial charge in [0.2, 0.25) is 5.91 Å². The first-order valence-corrected chi connectivity index (χ1v) is 9.78. The van der Waals surface area contributed by atoms with Crippen molar-refractivity contribution in [2.45, 2.75) is 20.0 Å². The Morgan fingerprint density at radius 2 is 2.03 bits per heavy atom. The van der Waals surface area contributed by atoms with E-state index in [1.54, 1.807) is 11.1 Å². The number of aryl methyl sites for hydroxylation is 2. The fourth-order valence-electron chi connectivity index (χ4n) is 3.77. The van der Waals surface area contributed by atoms with Crippen LogP contribution in [0.1, 0.15) is 16.8 Å². The molecule has 0 aliphatic carbocycles. The van der Waals surface area contributed by atoms with Gasteiger partial charge in [0.25, 0.3) is 0 Å². The van der Waals surface area contributed by atoms with Crippen LogP contribution < -0.4 is 21.0 Å². The van der Waals surface area contributed by atoms with Crippen molar-refractivity contribution in [2.24, 2.45) is 7.05 Å². The summed E-state index contributed by atoms with van der Waals surface area (Å²) in [5.41, 5.74) is 4.52. The predicted octanol–water partition coefficient (Wildman–Crippen LogP) is 1.47. The number of anilines is 1. The lowest BCUT2D eigenvalue weighted by Gasteiger charge is -2.27. The van der Waals surface area contributed by atoms with Crippen LogP contribution in [0.3, 0.4) is 0 Å². The summed E-state index contributed by atoms with van der Waals surface area (Å²) in [6, 6.07) is 9.63. The first kappa shape index (κ1) is 19.3. The van der Waals surface area contributed by atoms with E-state index >= 15 is 0 Å².